The molecule has 5 heteroatoms. The third-order valence-electron chi connectivity index (χ3n) is 6.11. The van der Waals surface area contributed by atoms with Crippen molar-refractivity contribution in [3.63, 3.8) is 0 Å². The van der Waals surface area contributed by atoms with Gasteiger partial charge in [-0.15, -0.1) is 11.6 Å². The van der Waals surface area contributed by atoms with Crippen molar-refractivity contribution in [3.8, 4) is 0 Å². The maximum absolute atomic E-state index is 6.69. The normalized spacial score (nSPS) is 13.8. The quantitative estimate of drug-likeness (QED) is 0.110. The molecule has 0 fully saturated rings. The van der Waals surface area contributed by atoms with Crippen molar-refractivity contribution >= 4 is 20.4 Å². The Bertz CT molecular complexity index is 335. The number of hydrogen-bond acceptors (Lipinski definition) is 3. The van der Waals surface area contributed by atoms with Gasteiger partial charge in [0.2, 0.25) is 0 Å². The lowest BCUT2D eigenvalue weighted by Crippen LogP contribution is -2.43. The molecule has 0 aromatic carbocycles. The van der Waals surface area contributed by atoms with Crippen LogP contribution < -0.4 is 0 Å². The van der Waals surface area contributed by atoms with E-state index in [2.05, 4.69) is 20.8 Å². The Morgan fingerprint density at radius 2 is 1.07 bits per heavy atom. The summed E-state index contributed by atoms with van der Waals surface area (Å²) in [6.07, 6.45) is 18.8. The van der Waals surface area contributed by atoms with Gasteiger partial charge in [-0.3, -0.25) is 0 Å². The van der Waals surface area contributed by atoms with Crippen molar-refractivity contribution in [1.82, 2.24) is 0 Å². The molecule has 0 saturated carbocycles. The maximum Gasteiger partial charge on any atom is 0.500 e. The van der Waals surface area contributed by atoms with Gasteiger partial charge in [0, 0.05) is 32.2 Å². The second kappa shape index (κ2) is 17.1. The number of alkyl halides is 1. The lowest BCUT2D eigenvalue weighted by Gasteiger charge is -2.32. The van der Waals surface area contributed by atoms with Gasteiger partial charge in [-0.2, -0.15) is 0 Å². The van der Waals surface area contributed by atoms with E-state index in [0.717, 1.165) is 12.5 Å². The van der Waals surface area contributed by atoms with Crippen LogP contribution in [-0.4, -0.2) is 35.0 Å². The van der Waals surface area contributed by atoms with Gasteiger partial charge in [0.1, 0.15) is 0 Å². The summed E-state index contributed by atoms with van der Waals surface area (Å²) in [5.41, 5.74) is 0. The molecule has 0 amide bonds. The summed E-state index contributed by atoms with van der Waals surface area (Å²) in [5, 5.41) is 0. The molecule has 1 unspecified atom stereocenters. The zero-order valence-electron chi connectivity index (χ0n) is 19.8. The van der Waals surface area contributed by atoms with Crippen LogP contribution in [0, 0.1) is 5.92 Å². The fourth-order valence-electron chi connectivity index (χ4n) is 3.97. The van der Waals surface area contributed by atoms with E-state index in [4.69, 9.17) is 24.9 Å². The smallest absolute Gasteiger partial charge is 0.377 e. The van der Waals surface area contributed by atoms with Gasteiger partial charge < -0.3 is 13.3 Å². The first kappa shape index (κ1) is 28.4. The van der Waals surface area contributed by atoms with Crippen molar-refractivity contribution in [2.24, 2.45) is 5.92 Å². The monoisotopic (exact) mass is 436 g/mol. The number of rotatable bonds is 20. The first-order valence-corrected chi connectivity index (χ1v) is 14.0. The van der Waals surface area contributed by atoms with E-state index in [-0.39, 0.29) is 4.87 Å². The minimum absolute atomic E-state index is 0.201. The summed E-state index contributed by atoms with van der Waals surface area (Å²) in [5.74, 6) is 0.463. The second-order valence-corrected chi connectivity index (χ2v) is 12.8. The van der Waals surface area contributed by atoms with Gasteiger partial charge >= 0.3 is 8.80 Å². The summed E-state index contributed by atoms with van der Waals surface area (Å²) in [6.45, 7) is 6.55. The molecule has 0 N–H and O–H groups in total. The molecule has 0 aliphatic heterocycles. The van der Waals surface area contributed by atoms with Crippen molar-refractivity contribution in [1.29, 1.82) is 0 Å². The zero-order valence-corrected chi connectivity index (χ0v) is 21.5. The van der Waals surface area contributed by atoms with Crippen LogP contribution in [0.25, 0.3) is 0 Å². The average molecular weight is 437 g/mol. The van der Waals surface area contributed by atoms with Crippen LogP contribution in [0.5, 0.6) is 0 Å². The van der Waals surface area contributed by atoms with Crippen molar-refractivity contribution in [2.45, 2.75) is 122 Å². The highest BCUT2D eigenvalue weighted by atomic mass is 35.5. The minimum atomic E-state index is -2.50. The fraction of sp³-hybridized carbons (Fsp3) is 1.00. The van der Waals surface area contributed by atoms with Gasteiger partial charge in [-0.1, -0.05) is 84.0 Å². The van der Waals surface area contributed by atoms with Gasteiger partial charge in [-0.05, 0) is 32.6 Å². The van der Waals surface area contributed by atoms with E-state index in [1.165, 1.54) is 83.5 Å². The molecule has 170 valence electrons. The molecule has 0 heterocycles. The van der Waals surface area contributed by atoms with Crippen LogP contribution in [-0.2, 0) is 13.3 Å². The first-order valence-electron chi connectivity index (χ1n) is 11.7. The number of hydrogen-bond donors (Lipinski definition) is 0. The van der Waals surface area contributed by atoms with E-state index in [1.54, 1.807) is 21.3 Å². The number of unbranched alkanes of at least 4 members (excludes halogenated alkanes) is 11. The zero-order chi connectivity index (χ0) is 21.3. The molecule has 0 bridgehead atoms. The molecule has 0 aliphatic carbocycles. The minimum Gasteiger partial charge on any atom is -0.377 e. The Morgan fingerprint density at radius 3 is 1.43 bits per heavy atom. The van der Waals surface area contributed by atoms with Crippen LogP contribution in [0.4, 0.5) is 0 Å². The molecule has 1 atom stereocenters. The van der Waals surface area contributed by atoms with E-state index in [0.29, 0.717) is 5.92 Å². The van der Waals surface area contributed by atoms with Crippen molar-refractivity contribution in [3.05, 3.63) is 0 Å². The predicted molar refractivity (Wildman–Crippen MR) is 125 cm³/mol. The highest BCUT2D eigenvalue weighted by Crippen LogP contribution is 2.35. The molecule has 0 spiro atoms. The van der Waals surface area contributed by atoms with Gasteiger partial charge in [0.05, 0.1) is 0 Å². The van der Waals surface area contributed by atoms with E-state index in [1.807, 2.05) is 0 Å². The molecule has 0 aliphatic rings. The molecule has 0 rings (SSSR count). The average Bonchev–Trinajstić information content (AvgIpc) is 2.67. The van der Waals surface area contributed by atoms with Gasteiger partial charge in [-0.25, -0.2) is 0 Å². The van der Waals surface area contributed by atoms with Gasteiger partial charge in [0.15, 0.2) is 0 Å². The molecule has 0 saturated heterocycles. The Morgan fingerprint density at radius 1 is 0.679 bits per heavy atom. The molecule has 0 radical (unpaired) electrons. The van der Waals surface area contributed by atoms with E-state index in [9.17, 15) is 0 Å². The Balaban J connectivity index is 3.91. The molecule has 3 nitrogen and oxygen atoms in total. The molecule has 28 heavy (non-hydrogen) atoms. The summed E-state index contributed by atoms with van der Waals surface area (Å²) < 4.78 is 16.7. The molecular weight excluding hydrogens is 388 g/mol. The van der Waals surface area contributed by atoms with Crippen LogP contribution >= 0.6 is 11.6 Å². The van der Waals surface area contributed by atoms with Crippen LogP contribution in [0.2, 0.25) is 6.04 Å². The lowest BCUT2D eigenvalue weighted by atomic mass is 9.87. The molecule has 0 aromatic heterocycles. The first-order chi connectivity index (χ1) is 13.3. The Labute approximate surface area is 182 Å². The summed E-state index contributed by atoms with van der Waals surface area (Å²) in [6, 6.07) is 0.829. The molecule has 0 aromatic rings. The van der Waals surface area contributed by atoms with Crippen molar-refractivity contribution in [2.75, 3.05) is 21.3 Å². The van der Waals surface area contributed by atoms with Crippen LogP contribution in [0.1, 0.15) is 111 Å². The van der Waals surface area contributed by atoms with E-state index >= 15 is 0 Å². The maximum atomic E-state index is 6.69. The Hall–Kier alpha value is 0.387. The van der Waals surface area contributed by atoms with Crippen molar-refractivity contribution < 1.29 is 13.3 Å². The summed E-state index contributed by atoms with van der Waals surface area (Å²) >= 11 is 6.69. The lowest BCUT2D eigenvalue weighted by molar-refractivity contribution is 0.120. The summed E-state index contributed by atoms with van der Waals surface area (Å²) in [4.78, 5) is -0.201. The van der Waals surface area contributed by atoms with E-state index < -0.39 is 8.80 Å². The third-order valence-corrected chi connectivity index (χ3v) is 9.18. The van der Waals surface area contributed by atoms with Gasteiger partial charge in [0.25, 0.3) is 0 Å². The molecular formula is C23H49ClO3Si. The second-order valence-electron chi connectivity index (χ2n) is 8.77. The fourth-order valence-corrected chi connectivity index (χ4v) is 6.00. The number of halogens is 1. The SMILES string of the molecule is CCCCCCCCCCCCCCC(CC[Si](OC)(OC)OC)C(C)(C)Cl. The Kier molecular flexibility index (Phi) is 17.3. The predicted octanol–water partition coefficient (Wildman–Crippen LogP) is 7.98. The summed E-state index contributed by atoms with van der Waals surface area (Å²) in [7, 11) is 2.56. The highest BCUT2D eigenvalue weighted by Gasteiger charge is 2.39. The van der Waals surface area contributed by atoms with Crippen LogP contribution in [0.15, 0.2) is 0 Å². The highest BCUT2D eigenvalue weighted by molar-refractivity contribution is 6.60. The third kappa shape index (κ3) is 13.6. The topological polar surface area (TPSA) is 27.7 Å². The van der Waals surface area contributed by atoms with Crippen LogP contribution in [0.3, 0.4) is 0 Å². The largest absolute Gasteiger partial charge is 0.500 e. The standard InChI is InChI=1S/C23H49ClO3Si/c1-7-8-9-10-11-12-13-14-15-16-17-18-19-22(23(2,3)24)20-21-28(25-4,26-5)27-6/h22H,7-21H2,1-6H3.